The van der Waals surface area contributed by atoms with Gasteiger partial charge in [0.1, 0.15) is 0 Å². The van der Waals surface area contributed by atoms with Crippen LogP contribution in [0.3, 0.4) is 0 Å². The number of hydrogen-bond acceptors (Lipinski definition) is 5. The number of hydrogen-bond donors (Lipinski definition) is 0. The molecule has 3 aromatic rings. The van der Waals surface area contributed by atoms with Crippen molar-refractivity contribution in [2.24, 2.45) is 0 Å². The molecule has 0 aliphatic heterocycles. The van der Waals surface area contributed by atoms with Gasteiger partial charge in [0.15, 0.2) is 0 Å². The van der Waals surface area contributed by atoms with Crippen molar-refractivity contribution < 1.29 is 0 Å². The van der Waals surface area contributed by atoms with Crippen LogP contribution in [-0.2, 0) is 6.54 Å². The van der Waals surface area contributed by atoms with Crippen molar-refractivity contribution >= 4 is 28.4 Å². The molecule has 3 rings (SSSR count). The molecule has 19 heavy (non-hydrogen) atoms. The van der Waals surface area contributed by atoms with Gasteiger partial charge in [0.25, 0.3) is 11.3 Å². The van der Waals surface area contributed by atoms with Gasteiger partial charge >= 0.3 is 0 Å². The molecule has 6 nitrogen and oxygen atoms in total. The lowest BCUT2D eigenvalue weighted by atomic mass is 10.2. The molecular formula is C12H13N5OS. The van der Waals surface area contributed by atoms with Crippen molar-refractivity contribution in [1.82, 2.24) is 24.1 Å². The molecule has 0 atom stereocenters. The lowest BCUT2D eigenvalue weighted by Crippen LogP contribution is -2.20. The number of fused-ring (bicyclic) bond motifs is 3. The predicted molar refractivity (Wildman–Crippen MR) is 74.7 cm³/mol. The maximum absolute atomic E-state index is 12.4. The van der Waals surface area contributed by atoms with Crippen LogP contribution < -0.4 is 5.56 Å². The summed E-state index contributed by atoms with van der Waals surface area (Å²) >= 11 is 1.45. The Balaban J connectivity index is 2.51. The molecule has 0 amide bonds. The van der Waals surface area contributed by atoms with Crippen molar-refractivity contribution in [3.63, 3.8) is 0 Å². The first-order valence-electron chi connectivity index (χ1n) is 5.96. The van der Waals surface area contributed by atoms with Crippen LogP contribution in [0.5, 0.6) is 0 Å². The highest BCUT2D eigenvalue weighted by molar-refractivity contribution is 7.98. The molecule has 0 radical (unpaired) electrons. The first-order chi connectivity index (χ1) is 9.15. The van der Waals surface area contributed by atoms with E-state index in [0.29, 0.717) is 28.6 Å². The molecule has 0 N–H and O–H groups in total. The molecule has 0 fully saturated rings. The van der Waals surface area contributed by atoms with E-state index < -0.39 is 0 Å². The van der Waals surface area contributed by atoms with E-state index in [1.165, 1.54) is 11.8 Å². The Labute approximate surface area is 113 Å². The van der Waals surface area contributed by atoms with Crippen LogP contribution in [0.1, 0.15) is 12.6 Å². The zero-order chi connectivity index (χ0) is 13.6. The largest absolute Gasteiger partial charge is 0.315 e. The van der Waals surface area contributed by atoms with Gasteiger partial charge < -0.3 is 4.57 Å². The summed E-state index contributed by atoms with van der Waals surface area (Å²) < 4.78 is 3.30. The maximum Gasteiger partial charge on any atom is 0.261 e. The van der Waals surface area contributed by atoms with Gasteiger partial charge in [0, 0.05) is 12.7 Å². The third-order valence-corrected chi connectivity index (χ3v) is 3.63. The predicted octanol–water partition coefficient (Wildman–Crippen LogP) is 1.49. The summed E-state index contributed by atoms with van der Waals surface area (Å²) in [7, 11) is 0. The van der Waals surface area contributed by atoms with Crippen LogP contribution in [0, 0.1) is 6.92 Å². The normalized spacial score (nSPS) is 11.5. The number of aryl methyl sites for hydroxylation is 2. The molecule has 0 saturated heterocycles. The summed E-state index contributed by atoms with van der Waals surface area (Å²) in [6.45, 7) is 4.41. The fourth-order valence-electron chi connectivity index (χ4n) is 2.14. The van der Waals surface area contributed by atoms with E-state index in [-0.39, 0.29) is 5.56 Å². The Hall–Kier alpha value is -1.89. The molecule has 0 aromatic carbocycles. The van der Waals surface area contributed by atoms with Crippen LogP contribution in [0.25, 0.3) is 16.7 Å². The summed E-state index contributed by atoms with van der Waals surface area (Å²) in [5.74, 6) is 0.531. The molecule has 3 aromatic heterocycles. The summed E-state index contributed by atoms with van der Waals surface area (Å²) in [5, 5.41) is 5.61. The van der Waals surface area contributed by atoms with E-state index in [4.69, 9.17) is 0 Å². The van der Waals surface area contributed by atoms with Crippen molar-refractivity contribution in [1.29, 1.82) is 0 Å². The molecule has 7 heteroatoms. The number of rotatable bonds is 2. The monoisotopic (exact) mass is 275 g/mol. The van der Waals surface area contributed by atoms with E-state index in [2.05, 4.69) is 15.1 Å². The lowest BCUT2D eigenvalue weighted by molar-refractivity contribution is 0.732. The van der Waals surface area contributed by atoms with Crippen LogP contribution in [-0.4, -0.2) is 30.4 Å². The van der Waals surface area contributed by atoms with Gasteiger partial charge in [0.2, 0.25) is 5.16 Å². The number of thioether (sulfide) groups is 1. The summed E-state index contributed by atoms with van der Waals surface area (Å²) in [4.78, 5) is 21.0. The summed E-state index contributed by atoms with van der Waals surface area (Å²) in [5.41, 5.74) is 1.41. The Morgan fingerprint density at radius 2 is 2.16 bits per heavy atom. The fourth-order valence-corrected chi connectivity index (χ4v) is 2.48. The quantitative estimate of drug-likeness (QED) is 0.663. The van der Waals surface area contributed by atoms with Gasteiger partial charge in [-0.2, -0.15) is 9.50 Å². The molecule has 0 saturated carbocycles. The lowest BCUT2D eigenvalue weighted by Gasteiger charge is -2.06. The molecule has 0 bridgehead atoms. The summed E-state index contributed by atoms with van der Waals surface area (Å²) in [6.07, 6.45) is 3.69. The minimum absolute atomic E-state index is 0.0342. The second kappa shape index (κ2) is 4.34. The van der Waals surface area contributed by atoms with E-state index in [0.717, 1.165) is 5.52 Å². The van der Waals surface area contributed by atoms with Crippen molar-refractivity contribution in [3.8, 4) is 0 Å². The van der Waals surface area contributed by atoms with Gasteiger partial charge in [-0.15, -0.1) is 5.10 Å². The van der Waals surface area contributed by atoms with Crippen molar-refractivity contribution in [2.45, 2.75) is 25.5 Å². The smallest absolute Gasteiger partial charge is 0.261 e. The van der Waals surface area contributed by atoms with Gasteiger partial charge in [0.05, 0.1) is 16.6 Å². The highest BCUT2D eigenvalue weighted by Crippen LogP contribution is 2.17. The van der Waals surface area contributed by atoms with Crippen LogP contribution >= 0.6 is 11.8 Å². The number of pyridine rings is 1. The fraction of sp³-hybridized carbons (Fsp3) is 0.333. The van der Waals surface area contributed by atoms with Crippen LogP contribution in [0.4, 0.5) is 0 Å². The molecule has 98 valence electrons. The highest BCUT2D eigenvalue weighted by Gasteiger charge is 2.13. The zero-order valence-electron chi connectivity index (χ0n) is 10.9. The van der Waals surface area contributed by atoms with Crippen molar-refractivity contribution in [3.05, 3.63) is 28.3 Å². The standard InChI is InChI=1S/C12H13N5OS/c1-4-16-6-5-8-9(10(16)18)7(2)13-11-14-12(19-3)15-17(8)11/h5-6H,4H2,1-3H3. The Bertz CT molecular complexity index is 835. The topological polar surface area (TPSA) is 65.1 Å². The Morgan fingerprint density at radius 3 is 2.84 bits per heavy atom. The third-order valence-electron chi connectivity index (χ3n) is 3.09. The first-order valence-corrected chi connectivity index (χ1v) is 7.18. The van der Waals surface area contributed by atoms with Gasteiger partial charge in [-0.1, -0.05) is 11.8 Å². The van der Waals surface area contributed by atoms with Gasteiger partial charge in [-0.05, 0) is 26.2 Å². The number of aromatic nitrogens is 5. The second-order valence-electron chi connectivity index (χ2n) is 4.17. The third kappa shape index (κ3) is 1.73. The SMILES string of the molecule is CCn1ccc2c(c(C)nc3nc(SC)nn32)c1=O. The average molecular weight is 275 g/mol. The van der Waals surface area contributed by atoms with E-state index in [1.807, 2.05) is 26.2 Å². The highest BCUT2D eigenvalue weighted by atomic mass is 32.2. The van der Waals surface area contributed by atoms with E-state index in [9.17, 15) is 4.79 Å². The molecule has 3 heterocycles. The zero-order valence-corrected chi connectivity index (χ0v) is 11.7. The molecular weight excluding hydrogens is 262 g/mol. The van der Waals surface area contributed by atoms with Gasteiger partial charge in [-0.3, -0.25) is 4.79 Å². The van der Waals surface area contributed by atoms with Crippen LogP contribution in [0.15, 0.2) is 22.2 Å². The minimum atomic E-state index is -0.0342. The van der Waals surface area contributed by atoms with E-state index in [1.54, 1.807) is 15.3 Å². The van der Waals surface area contributed by atoms with E-state index >= 15 is 0 Å². The Morgan fingerprint density at radius 1 is 1.37 bits per heavy atom. The average Bonchev–Trinajstić information content (AvgIpc) is 2.81. The molecule has 0 aliphatic carbocycles. The number of nitrogens with zero attached hydrogens (tertiary/aromatic N) is 5. The maximum atomic E-state index is 12.4. The Kier molecular flexibility index (Phi) is 2.78. The molecule has 0 spiro atoms. The van der Waals surface area contributed by atoms with Gasteiger partial charge in [-0.25, -0.2) is 4.98 Å². The molecule has 0 aliphatic rings. The van der Waals surface area contributed by atoms with Crippen LogP contribution in [0.2, 0.25) is 0 Å². The first kappa shape index (κ1) is 12.2. The second-order valence-corrected chi connectivity index (χ2v) is 4.95. The molecule has 0 unspecified atom stereocenters. The summed E-state index contributed by atoms with van der Waals surface area (Å²) in [6, 6.07) is 1.89. The minimum Gasteiger partial charge on any atom is -0.315 e. The van der Waals surface area contributed by atoms with Crippen molar-refractivity contribution in [2.75, 3.05) is 6.26 Å².